The van der Waals surface area contributed by atoms with Gasteiger partial charge in [0, 0.05) is 52.4 Å². The van der Waals surface area contributed by atoms with Crippen molar-refractivity contribution < 1.29 is 0 Å². The predicted octanol–water partition coefficient (Wildman–Crippen LogP) is -2.25. The summed E-state index contributed by atoms with van der Waals surface area (Å²) >= 11 is 0. The van der Waals surface area contributed by atoms with Crippen LogP contribution in [0, 0.1) is 0 Å². The fourth-order valence-electron chi connectivity index (χ4n) is 4.79. The summed E-state index contributed by atoms with van der Waals surface area (Å²) in [4.78, 5) is 10.8. The van der Waals surface area contributed by atoms with Crippen LogP contribution >= 0.6 is 0 Å². The standard InChI is InChI=1S/C12H22N6/c1-3-15-5-7-18-10-12-16(4-2-14-10)6-8-17(12)9(13-1)11(15)18/h9-14H,1-8H2/t9-,10+,11-,12-/m1/s1. The molecule has 0 aromatic rings. The minimum atomic E-state index is 0.549. The fraction of sp³-hybridized carbons (Fsp3) is 1.00. The number of fused-ring (bicyclic) bond motifs is 2. The van der Waals surface area contributed by atoms with Crippen molar-refractivity contribution in [2.75, 3.05) is 52.4 Å². The average molecular weight is 250 g/mol. The lowest BCUT2D eigenvalue weighted by molar-refractivity contribution is -0.138. The molecule has 5 aliphatic rings. The van der Waals surface area contributed by atoms with E-state index in [4.69, 9.17) is 0 Å². The van der Waals surface area contributed by atoms with Crippen molar-refractivity contribution in [3.8, 4) is 0 Å². The molecule has 6 nitrogen and oxygen atoms in total. The van der Waals surface area contributed by atoms with Crippen LogP contribution in [0.25, 0.3) is 0 Å². The molecule has 0 amide bonds. The highest BCUT2D eigenvalue weighted by molar-refractivity contribution is 5.08. The molecule has 100 valence electrons. The first-order valence-electron chi connectivity index (χ1n) is 7.40. The summed E-state index contributed by atoms with van der Waals surface area (Å²) in [5, 5.41) is 7.54. The first-order valence-corrected chi connectivity index (χ1v) is 7.40. The van der Waals surface area contributed by atoms with Crippen LogP contribution < -0.4 is 10.6 Å². The molecule has 5 heterocycles. The number of piperazine rings is 3. The first-order chi connectivity index (χ1) is 8.93. The smallest absolute Gasteiger partial charge is 0.0934 e. The summed E-state index contributed by atoms with van der Waals surface area (Å²) in [6.07, 6.45) is 2.30. The van der Waals surface area contributed by atoms with Gasteiger partial charge in [-0.2, -0.15) is 0 Å². The monoisotopic (exact) mass is 250 g/mol. The molecule has 0 aromatic heterocycles. The highest BCUT2D eigenvalue weighted by Crippen LogP contribution is 2.36. The number of nitrogens with zero attached hydrogens (tertiary/aromatic N) is 4. The first kappa shape index (κ1) is 10.5. The molecule has 0 aliphatic carbocycles. The lowest BCUT2D eigenvalue weighted by Gasteiger charge is -2.57. The molecule has 0 saturated carbocycles. The Labute approximate surface area is 108 Å². The zero-order valence-corrected chi connectivity index (χ0v) is 10.8. The molecule has 4 atom stereocenters. The van der Waals surface area contributed by atoms with Crippen molar-refractivity contribution >= 4 is 0 Å². The Balaban J connectivity index is 1.57. The molecule has 0 aromatic carbocycles. The van der Waals surface area contributed by atoms with Crippen molar-refractivity contribution in [2.24, 2.45) is 0 Å². The van der Waals surface area contributed by atoms with Gasteiger partial charge in [0.2, 0.25) is 0 Å². The van der Waals surface area contributed by atoms with Crippen LogP contribution in [-0.4, -0.2) is 96.6 Å². The molecule has 2 N–H and O–H groups in total. The van der Waals surface area contributed by atoms with E-state index in [1.807, 2.05) is 0 Å². The van der Waals surface area contributed by atoms with Gasteiger partial charge in [0.15, 0.2) is 0 Å². The summed E-state index contributed by atoms with van der Waals surface area (Å²) in [5.41, 5.74) is 0. The molecular formula is C12H22N6. The summed E-state index contributed by atoms with van der Waals surface area (Å²) in [7, 11) is 0. The summed E-state index contributed by atoms with van der Waals surface area (Å²) in [5.74, 6) is 0. The molecule has 5 saturated heterocycles. The highest BCUT2D eigenvalue weighted by atomic mass is 15.6. The largest absolute Gasteiger partial charge is 0.298 e. The molecule has 5 aliphatic heterocycles. The Morgan fingerprint density at radius 2 is 1.11 bits per heavy atom. The van der Waals surface area contributed by atoms with E-state index < -0.39 is 0 Å². The van der Waals surface area contributed by atoms with Crippen molar-refractivity contribution in [3.05, 3.63) is 0 Å². The number of hydrogen-bond donors (Lipinski definition) is 2. The van der Waals surface area contributed by atoms with Gasteiger partial charge in [0.1, 0.15) is 0 Å². The molecule has 18 heavy (non-hydrogen) atoms. The Bertz CT molecular complexity index is 328. The maximum Gasteiger partial charge on any atom is 0.0934 e. The SMILES string of the molecule is C1CN2CCN3[C@@H]2[C@@H](N1)N1CCN2CCN[C@H]3[C@H]21. The molecular weight excluding hydrogens is 228 g/mol. The molecule has 0 radical (unpaired) electrons. The minimum absolute atomic E-state index is 0.549. The van der Waals surface area contributed by atoms with Gasteiger partial charge >= 0.3 is 0 Å². The highest BCUT2D eigenvalue weighted by Gasteiger charge is 2.57. The molecule has 0 bridgehead atoms. The molecule has 5 rings (SSSR count). The minimum Gasteiger partial charge on any atom is -0.298 e. The Morgan fingerprint density at radius 3 is 1.61 bits per heavy atom. The zero-order chi connectivity index (χ0) is 11.7. The fourth-order valence-corrected chi connectivity index (χ4v) is 4.79. The lowest BCUT2D eigenvalue weighted by atomic mass is 10.1. The van der Waals surface area contributed by atoms with Crippen LogP contribution in [0.5, 0.6) is 0 Å². The van der Waals surface area contributed by atoms with Gasteiger partial charge in [-0.1, -0.05) is 0 Å². The van der Waals surface area contributed by atoms with Gasteiger partial charge in [0.25, 0.3) is 0 Å². The van der Waals surface area contributed by atoms with Crippen LogP contribution in [0.4, 0.5) is 0 Å². The van der Waals surface area contributed by atoms with E-state index in [-0.39, 0.29) is 0 Å². The van der Waals surface area contributed by atoms with Gasteiger partial charge < -0.3 is 0 Å². The van der Waals surface area contributed by atoms with Gasteiger partial charge in [-0.15, -0.1) is 0 Å². The second kappa shape index (κ2) is 3.65. The van der Waals surface area contributed by atoms with E-state index in [1.54, 1.807) is 0 Å². The van der Waals surface area contributed by atoms with Gasteiger partial charge in [0.05, 0.1) is 24.7 Å². The Hall–Kier alpha value is -0.240. The quantitative estimate of drug-likeness (QED) is 0.506. The maximum atomic E-state index is 3.77. The maximum absolute atomic E-state index is 3.77. The van der Waals surface area contributed by atoms with Crippen molar-refractivity contribution in [1.29, 1.82) is 0 Å². The van der Waals surface area contributed by atoms with Crippen molar-refractivity contribution in [2.45, 2.75) is 24.7 Å². The van der Waals surface area contributed by atoms with E-state index in [1.165, 1.54) is 39.3 Å². The van der Waals surface area contributed by atoms with E-state index in [0.29, 0.717) is 24.7 Å². The van der Waals surface area contributed by atoms with E-state index >= 15 is 0 Å². The third-order valence-corrected chi connectivity index (χ3v) is 5.50. The Kier molecular flexibility index (Phi) is 2.14. The number of nitrogens with one attached hydrogen (secondary N) is 2. The second-order valence-electron chi connectivity index (χ2n) is 6.17. The number of rotatable bonds is 0. The lowest BCUT2D eigenvalue weighted by Crippen LogP contribution is -2.79. The topological polar surface area (TPSA) is 37.0 Å². The molecule has 5 fully saturated rings. The van der Waals surface area contributed by atoms with E-state index in [0.717, 1.165) is 13.1 Å². The molecule has 0 unspecified atom stereocenters. The van der Waals surface area contributed by atoms with Crippen molar-refractivity contribution in [1.82, 2.24) is 30.2 Å². The van der Waals surface area contributed by atoms with Crippen molar-refractivity contribution in [3.63, 3.8) is 0 Å². The third kappa shape index (κ3) is 1.19. The summed E-state index contributed by atoms with van der Waals surface area (Å²) < 4.78 is 0. The number of hydrogen-bond acceptors (Lipinski definition) is 6. The van der Waals surface area contributed by atoms with E-state index in [2.05, 4.69) is 30.2 Å². The molecule has 6 heteroatoms. The predicted molar refractivity (Wildman–Crippen MR) is 67.7 cm³/mol. The summed E-state index contributed by atoms with van der Waals surface area (Å²) in [6.45, 7) is 9.70. The van der Waals surface area contributed by atoms with Gasteiger partial charge in [-0.25, -0.2) is 0 Å². The Morgan fingerprint density at radius 1 is 0.611 bits per heavy atom. The van der Waals surface area contributed by atoms with Gasteiger partial charge in [-0.3, -0.25) is 30.2 Å². The zero-order valence-electron chi connectivity index (χ0n) is 10.8. The molecule has 0 spiro atoms. The summed E-state index contributed by atoms with van der Waals surface area (Å²) in [6, 6.07) is 0. The van der Waals surface area contributed by atoms with Crippen LogP contribution in [0.15, 0.2) is 0 Å². The average Bonchev–Trinajstić information content (AvgIpc) is 3.01. The van der Waals surface area contributed by atoms with Crippen LogP contribution in [0.1, 0.15) is 0 Å². The third-order valence-electron chi connectivity index (χ3n) is 5.50. The van der Waals surface area contributed by atoms with Crippen LogP contribution in [0.3, 0.4) is 0 Å². The van der Waals surface area contributed by atoms with E-state index in [9.17, 15) is 0 Å². The van der Waals surface area contributed by atoms with Crippen LogP contribution in [-0.2, 0) is 0 Å². The van der Waals surface area contributed by atoms with Crippen LogP contribution in [0.2, 0.25) is 0 Å². The normalized spacial score (nSPS) is 49.3. The van der Waals surface area contributed by atoms with Gasteiger partial charge in [-0.05, 0) is 0 Å². The second-order valence-corrected chi connectivity index (χ2v) is 6.17.